The highest BCUT2D eigenvalue weighted by Crippen LogP contribution is 2.31. The number of carbonyl (C=O) groups excluding carboxylic acids is 10. The topological polar surface area (TPSA) is 365 Å². The van der Waals surface area contributed by atoms with Gasteiger partial charge >= 0.3 is 54.1 Å². The van der Waals surface area contributed by atoms with Gasteiger partial charge in [0, 0.05) is 66.7 Å². The average Bonchev–Trinajstić information content (AvgIpc) is 4.18. The van der Waals surface area contributed by atoms with Gasteiger partial charge in [-0.1, -0.05) is 58.1 Å². The number of rotatable bonds is 12. The first kappa shape index (κ1) is 96.3. The van der Waals surface area contributed by atoms with Gasteiger partial charge in [-0.15, -0.1) is 0 Å². The fourth-order valence-corrected chi connectivity index (χ4v) is 6.28. The number of aromatic nitrogens is 4. The van der Waals surface area contributed by atoms with Gasteiger partial charge < -0.3 is 59.0 Å². The van der Waals surface area contributed by atoms with Crippen LogP contribution in [-0.2, 0) is 89.3 Å². The Balaban J connectivity index is -0.000000114. The molecule has 0 radical (unpaired) electrons. The van der Waals surface area contributed by atoms with Crippen molar-refractivity contribution in [1.29, 1.82) is 0 Å². The highest BCUT2D eigenvalue weighted by molar-refractivity contribution is 5.88. The molecular formula is C56H106N10O19. The number of amides is 3. The number of Topliss-reactive ketones (excluding diaryl/α,β-unsaturated/α-hetero) is 1. The zero-order valence-electron chi connectivity index (χ0n) is 47.2. The standard InChI is InChI=1S/C10H17NO6.C9H11N3O2.C8H15NO4.C7H9N3.C7H11NO3.C5H8O2.C3H7NO2.7CH4/c1-7(5-8(12)15-2)11(10(14)17-4)6-9(13)16-3;1-6-7-3-10-5-11-8(7)4-12(6)9(13)14-2;1-6(4-7(10)12-2)9-5-8(11)13-3;1-5-6-2-8-4-10-7(6)3-9-5;1-5-3-6(9)4-8(5)7(10)11-2;1-3-4-5(6)7-2;1-6-3(5)2-4;;;;;;;/h7H,5-6H2,1-4H3;3,5-6H,4H2,1-2H3;6,9H,4-5H2,1-3H3;2,4-5,9H,3H2,1H3;5H,3-4H2,1-2H3;3-4H,1-2H3;2,4H2,1H3;7*1H4/b;;;;;4-3+;;;;;;;;. The summed E-state index contributed by atoms with van der Waals surface area (Å²) in [6.07, 6.45) is 8.94. The Bertz CT molecular complexity index is 2240. The van der Waals surface area contributed by atoms with Gasteiger partial charge in [0.25, 0.3) is 0 Å². The normalized spacial score (nSPS) is 14.4. The Morgan fingerprint density at radius 2 is 1.13 bits per heavy atom. The van der Waals surface area contributed by atoms with Gasteiger partial charge in [-0.05, 0) is 41.5 Å². The van der Waals surface area contributed by atoms with Crippen molar-refractivity contribution >= 4 is 59.9 Å². The first-order valence-electron chi connectivity index (χ1n) is 23.8. The molecule has 3 aliphatic heterocycles. The number of allylic oxidation sites excluding steroid dienone is 1. The number of esters is 6. The van der Waals surface area contributed by atoms with Crippen LogP contribution in [0.4, 0.5) is 14.4 Å². The molecule has 2 aromatic rings. The predicted molar refractivity (Wildman–Crippen MR) is 322 cm³/mol. The average molecular weight is 1220 g/mol. The van der Waals surface area contributed by atoms with Crippen molar-refractivity contribution in [2.75, 3.05) is 90.2 Å². The molecule has 5 unspecified atom stereocenters. The molecule has 0 aromatic carbocycles. The SMILES string of the molecule is C.C.C.C.C.C.C.C/C=C/C(=O)OC.CC1NCc2ncncc21.COC(=O)CC(C)N(CC(=O)OC)C(=O)OC.COC(=O)CN.COC(=O)CNC(C)CC(=O)OC.COC(=O)N1CC(=O)CC1C.COC(=O)N1Cc2ncncc2C1C. The van der Waals surface area contributed by atoms with Gasteiger partial charge in [0.1, 0.15) is 19.2 Å². The van der Waals surface area contributed by atoms with E-state index >= 15 is 0 Å². The van der Waals surface area contributed by atoms with Gasteiger partial charge in [0.2, 0.25) is 0 Å². The first-order valence-corrected chi connectivity index (χ1v) is 23.8. The summed E-state index contributed by atoms with van der Waals surface area (Å²) in [7, 11) is 11.6. The summed E-state index contributed by atoms with van der Waals surface area (Å²) >= 11 is 0. The number of methoxy groups -OCH3 is 9. The molecule has 5 rings (SSSR count). The van der Waals surface area contributed by atoms with Gasteiger partial charge in [-0.2, -0.15) is 0 Å². The predicted octanol–water partition coefficient (Wildman–Crippen LogP) is 6.36. The maximum Gasteiger partial charge on any atom is 0.410 e. The fraction of sp³-hybridized carbons (Fsp3) is 0.643. The van der Waals surface area contributed by atoms with Crippen LogP contribution in [0.1, 0.15) is 147 Å². The summed E-state index contributed by atoms with van der Waals surface area (Å²) in [5.74, 6) is -2.30. The number of nitrogens with one attached hydrogen (secondary N) is 2. The molecule has 494 valence electrons. The van der Waals surface area contributed by atoms with Gasteiger partial charge in [0.15, 0.2) is 5.78 Å². The van der Waals surface area contributed by atoms with Crippen molar-refractivity contribution in [3.63, 3.8) is 0 Å². The Morgan fingerprint density at radius 3 is 1.52 bits per heavy atom. The van der Waals surface area contributed by atoms with Gasteiger partial charge in [-0.3, -0.25) is 43.5 Å². The number of carbonyl (C=O) groups is 10. The van der Waals surface area contributed by atoms with E-state index in [-0.39, 0.29) is 145 Å². The minimum absolute atomic E-state index is 0. The highest BCUT2D eigenvalue weighted by atomic mass is 16.6. The quantitative estimate of drug-likeness (QED) is 0.118. The Hall–Kier alpha value is -7.92. The summed E-state index contributed by atoms with van der Waals surface area (Å²) in [6, 6.07) is -0.189. The van der Waals surface area contributed by atoms with Crippen LogP contribution in [0.3, 0.4) is 0 Å². The van der Waals surface area contributed by atoms with E-state index in [9.17, 15) is 47.9 Å². The molecule has 0 aliphatic carbocycles. The molecule has 0 spiro atoms. The van der Waals surface area contributed by atoms with Crippen LogP contribution >= 0.6 is 0 Å². The van der Waals surface area contributed by atoms with E-state index in [1.807, 2.05) is 20.0 Å². The Labute approximate surface area is 506 Å². The highest BCUT2D eigenvalue weighted by Gasteiger charge is 2.33. The van der Waals surface area contributed by atoms with Crippen molar-refractivity contribution in [1.82, 2.24) is 45.3 Å². The molecule has 85 heavy (non-hydrogen) atoms. The summed E-state index contributed by atoms with van der Waals surface area (Å²) in [4.78, 5) is 128. The molecule has 5 atom stereocenters. The first-order chi connectivity index (χ1) is 36.9. The lowest BCUT2D eigenvalue weighted by Gasteiger charge is -2.25. The summed E-state index contributed by atoms with van der Waals surface area (Å²) in [5.41, 5.74) is 9.09. The number of nitrogens with two attached hydrogens (primary N) is 1. The monoisotopic (exact) mass is 1220 g/mol. The van der Waals surface area contributed by atoms with Crippen LogP contribution in [0.5, 0.6) is 0 Å². The van der Waals surface area contributed by atoms with Crippen LogP contribution in [0.25, 0.3) is 0 Å². The lowest BCUT2D eigenvalue weighted by atomic mass is 10.2. The van der Waals surface area contributed by atoms with E-state index in [0.717, 1.165) is 28.4 Å². The third-order valence-corrected chi connectivity index (χ3v) is 10.7. The van der Waals surface area contributed by atoms with E-state index in [2.05, 4.69) is 80.1 Å². The molecule has 5 heterocycles. The molecule has 3 amide bonds. The summed E-state index contributed by atoms with van der Waals surface area (Å²) < 4.78 is 39.9. The van der Waals surface area contributed by atoms with Crippen LogP contribution in [0, 0.1) is 0 Å². The largest absolute Gasteiger partial charge is 0.469 e. The van der Waals surface area contributed by atoms with Crippen LogP contribution in [0.2, 0.25) is 0 Å². The van der Waals surface area contributed by atoms with Crippen molar-refractivity contribution < 1.29 is 90.6 Å². The second kappa shape index (κ2) is 55.3. The lowest BCUT2D eigenvalue weighted by Crippen LogP contribution is -2.43. The summed E-state index contributed by atoms with van der Waals surface area (Å²) in [5, 5.41) is 6.11. The van der Waals surface area contributed by atoms with Crippen LogP contribution in [0.15, 0.2) is 37.2 Å². The molecular weight excluding hydrogens is 1120 g/mol. The lowest BCUT2D eigenvalue weighted by molar-refractivity contribution is -0.145. The minimum Gasteiger partial charge on any atom is -0.469 e. The van der Waals surface area contributed by atoms with Gasteiger partial charge in [-0.25, -0.2) is 39.1 Å². The maximum absolute atomic E-state index is 11.4. The molecule has 3 aliphatic rings. The second-order valence-corrected chi connectivity index (χ2v) is 16.2. The van der Waals surface area contributed by atoms with Crippen molar-refractivity contribution in [3.05, 3.63) is 59.7 Å². The number of nitrogens with zero attached hydrogens (tertiary/aromatic N) is 7. The van der Waals surface area contributed by atoms with E-state index in [0.29, 0.717) is 19.0 Å². The minimum atomic E-state index is -0.702. The zero-order chi connectivity index (χ0) is 59.9. The van der Waals surface area contributed by atoms with E-state index in [4.69, 9.17) is 5.73 Å². The molecule has 2 aromatic heterocycles. The molecule has 4 N–H and O–H groups in total. The molecule has 29 heteroatoms. The number of ketones is 1. The fourth-order valence-electron chi connectivity index (χ4n) is 6.28. The molecule has 0 saturated carbocycles. The van der Waals surface area contributed by atoms with Crippen molar-refractivity contribution in [2.24, 2.45) is 5.73 Å². The zero-order valence-corrected chi connectivity index (χ0v) is 47.2. The van der Waals surface area contributed by atoms with Crippen LogP contribution < -0.4 is 16.4 Å². The third-order valence-electron chi connectivity index (χ3n) is 10.7. The molecule has 1 saturated heterocycles. The van der Waals surface area contributed by atoms with Crippen molar-refractivity contribution in [3.8, 4) is 0 Å². The third kappa shape index (κ3) is 39.3. The second-order valence-electron chi connectivity index (χ2n) is 16.2. The number of hydrogen-bond acceptors (Lipinski definition) is 26. The number of hydrogen-bond donors (Lipinski definition) is 3. The Morgan fingerprint density at radius 1 is 0.647 bits per heavy atom. The van der Waals surface area contributed by atoms with E-state index in [1.165, 1.54) is 86.9 Å². The maximum atomic E-state index is 11.4. The number of ether oxygens (including phenoxy) is 9. The number of likely N-dealkylation sites (tertiary alicyclic amines) is 1. The summed E-state index contributed by atoms with van der Waals surface area (Å²) in [6.45, 7) is 12.4. The molecule has 29 nitrogen and oxygen atoms in total. The number of fused-ring (bicyclic) bond motifs is 2. The van der Waals surface area contributed by atoms with Gasteiger partial charge in [0.05, 0.1) is 120 Å². The van der Waals surface area contributed by atoms with E-state index in [1.54, 1.807) is 44.3 Å². The smallest absolute Gasteiger partial charge is 0.410 e. The molecule has 0 bridgehead atoms. The van der Waals surface area contributed by atoms with Crippen molar-refractivity contribution in [2.45, 2.75) is 156 Å². The Kier molecular flexibility index (Phi) is 62.6. The van der Waals surface area contributed by atoms with Crippen LogP contribution in [-0.4, -0.2) is 203 Å². The molecule has 1 fully saturated rings. The van der Waals surface area contributed by atoms with E-state index < -0.39 is 30.2 Å².